The summed E-state index contributed by atoms with van der Waals surface area (Å²) >= 11 is 0. The molecular weight excluding hydrogens is 504 g/mol. The molecule has 39 heavy (non-hydrogen) atoms. The average Bonchev–Trinajstić information content (AvgIpc) is 2.90. The van der Waals surface area contributed by atoms with Gasteiger partial charge < -0.3 is 34.3 Å². The van der Waals surface area contributed by atoms with Crippen molar-refractivity contribution in [1.82, 2.24) is 0 Å². The minimum atomic E-state index is -1.06. The highest BCUT2D eigenvalue weighted by Gasteiger charge is 2.17. The molecule has 0 unspecified atom stereocenters. The maximum absolute atomic E-state index is 12.8. The third-order valence-electron chi connectivity index (χ3n) is 5.94. The molecule has 0 aliphatic rings. The minimum absolute atomic E-state index is 0.0297. The highest BCUT2D eigenvalue weighted by atomic mass is 16.5. The second kappa shape index (κ2) is 11.5. The van der Waals surface area contributed by atoms with Crippen molar-refractivity contribution in [3.63, 3.8) is 0 Å². The molecule has 9 heteroatoms. The Bertz CT molecular complexity index is 1640. The van der Waals surface area contributed by atoms with Crippen LogP contribution in [0.25, 0.3) is 28.4 Å². The Morgan fingerprint density at radius 3 is 2.44 bits per heavy atom. The fourth-order valence-corrected chi connectivity index (χ4v) is 3.90. The van der Waals surface area contributed by atoms with E-state index in [0.29, 0.717) is 22.6 Å². The predicted molar refractivity (Wildman–Crippen MR) is 146 cm³/mol. The quantitative estimate of drug-likeness (QED) is 0.168. The van der Waals surface area contributed by atoms with E-state index in [0.717, 1.165) is 11.6 Å². The van der Waals surface area contributed by atoms with Gasteiger partial charge in [0.2, 0.25) is 0 Å². The third-order valence-corrected chi connectivity index (χ3v) is 5.94. The van der Waals surface area contributed by atoms with E-state index in [1.54, 1.807) is 36.4 Å². The Labute approximate surface area is 223 Å². The molecule has 0 amide bonds. The summed E-state index contributed by atoms with van der Waals surface area (Å²) in [6, 6.07) is 13.6. The van der Waals surface area contributed by atoms with E-state index in [1.165, 1.54) is 37.5 Å². The van der Waals surface area contributed by atoms with Gasteiger partial charge in [0.25, 0.3) is 0 Å². The van der Waals surface area contributed by atoms with Crippen molar-refractivity contribution >= 4 is 23.0 Å². The summed E-state index contributed by atoms with van der Waals surface area (Å²) in [5.41, 5.74) is 1.68. The van der Waals surface area contributed by atoms with Gasteiger partial charge >= 0.3 is 5.97 Å². The predicted octanol–water partition coefficient (Wildman–Crippen LogP) is 5.25. The SMILES string of the molecule is COc1cc(/C=C/C(=O)O)ccc1OC/C(C)=C/Cc1c(O)cc2oc(-c3ccc(O)cc3)cc(=O)c2c1O. The first-order chi connectivity index (χ1) is 18.7. The molecule has 1 aromatic heterocycles. The van der Waals surface area contributed by atoms with Gasteiger partial charge in [-0.25, -0.2) is 4.79 Å². The van der Waals surface area contributed by atoms with Crippen molar-refractivity contribution in [3.05, 3.63) is 93.7 Å². The molecule has 0 aliphatic carbocycles. The summed E-state index contributed by atoms with van der Waals surface area (Å²) in [5, 5.41) is 39.7. The molecule has 0 saturated carbocycles. The topological polar surface area (TPSA) is 147 Å². The zero-order valence-corrected chi connectivity index (χ0v) is 21.2. The number of hydrogen-bond acceptors (Lipinski definition) is 8. The molecule has 0 bridgehead atoms. The summed E-state index contributed by atoms with van der Waals surface area (Å²) in [5.74, 6) is -0.477. The molecule has 0 fully saturated rings. The summed E-state index contributed by atoms with van der Waals surface area (Å²) < 4.78 is 16.9. The normalized spacial score (nSPS) is 11.7. The second-order valence-corrected chi connectivity index (χ2v) is 8.74. The first kappa shape index (κ1) is 26.9. The number of rotatable bonds is 9. The number of hydrogen-bond donors (Lipinski definition) is 4. The maximum Gasteiger partial charge on any atom is 0.328 e. The van der Waals surface area contributed by atoms with E-state index in [1.807, 2.05) is 6.92 Å². The van der Waals surface area contributed by atoms with Crippen molar-refractivity contribution in [2.45, 2.75) is 13.3 Å². The number of carbonyl (C=O) groups is 1. The first-order valence-corrected chi connectivity index (χ1v) is 11.8. The summed E-state index contributed by atoms with van der Waals surface area (Å²) in [6.07, 6.45) is 4.34. The van der Waals surface area contributed by atoms with Crippen LogP contribution in [0.3, 0.4) is 0 Å². The highest BCUT2D eigenvalue weighted by molar-refractivity contribution is 5.88. The minimum Gasteiger partial charge on any atom is -0.508 e. The molecule has 4 aromatic rings. The summed E-state index contributed by atoms with van der Waals surface area (Å²) in [7, 11) is 1.48. The van der Waals surface area contributed by atoms with Crippen molar-refractivity contribution in [3.8, 4) is 40.1 Å². The number of carboxylic acid groups (broad SMARTS) is 1. The van der Waals surface area contributed by atoms with Crippen LogP contribution in [0.15, 0.2) is 81.5 Å². The van der Waals surface area contributed by atoms with Gasteiger partial charge in [-0.15, -0.1) is 0 Å². The zero-order chi connectivity index (χ0) is 28.1. The molecule has 0 aliphatic heterocycles. The van der Waals surface area contributed by atoms with E-state index >= 15 is 0 Å². The number of ether oxygens (including phenoxy) is 2. The summed E-state index contributed by atoms with van der Waals surface area (Å²) in [6.45, 7) is 1.98. The van der Waals surface area contributed by atoms with Gasteiger partial charge in [-0.05, 0) is 67.0 Å². The second-order valence-electron chi connectivity index (χ2n) is 8.74. The number of fused-ring (bicyclic) bond motifs is 1. The number of aromatic hydroxyl groups is 3. The molecular formula is C30H26O9. The molecule has 4 N–H and O–H groups in total. The highest BCUT2D eigenvalue weighted by Crippen LogP contribution is 2.36. The van der Waals surface area contributed by atoms with E-state index in [2.05, 4.69) is 0 Å². The molecule has 0 atom stereocenters. The number of aliphatic carboxylic acids is 1. The molecule has 0 spiro atoms. The number of phenolic OH excluding ortho intramolecular Hbond substituents is 3. The molecule has 0 radical (unpaired) electrons. The van der Waals surface area contributed by atoms with Crippen LogP contribution < -0.4 is 14.9 Å². The molecule has 200 valence electrons. The van der Waals surface area contributed by atoms with Gasteiger partial charge in [-0.1, -0.05) is 12.1 Å². The van der Waals surface area contributed by atoms with Gasteiger partial charge in [0.15, 0.2) is 16.9 Å². The lowest BCUT2D eigenvalue weighted by Crippen LogP contribution is -2.03. The fraction of sp³-hybridized carbons (Fsp3) is 0.133. The van der Waals surface area contributed by atoms with Crippen LogP contribution in [0.4, 0.5) is 0 Å². The molecule has 1 heterocycles. The fourth-order valence-electron chi connectivity index (χ4n) is 3.90. The van der Waals surface area contributed by atoms with Gasteiger partial charge in [-0.2, -0.15) is 0 Å². The third kappa shape index (κ3) is 6.22. The largest absolute Gasteiger partial charge is 0.508 e. The van der Waals surface area contributed by atoms with Crippen LogP contribution >= 0.6 is 0 Å². The maximum atomic E-state index is 12.8. The standard InChI is InChI=1S/C30H26O9/c1-17(16-38-24-11-4-18(5-12-28(34)35)13-26(24)37-2)3-10-21-22(32)14-27-29(30(21)36)23(33)15-25(39-27)19-6-8-20(31)9-7-19/h3-9,11-15,31-32,36H,10,16H2,1-2H3,(H,34,35)/b12-5+,17-3+. The Hall–Kier alpha value is -5.18. The van der Waals surface area contributed by atoms with Crippen LogP contribution in [0.5, 0.6) is 28.7 Å². The van der Waals surface area contributed by atoms with Crippen LogP contribution in [0.2, 0.25) is 0 Å². The van der Waals surface area contributed by atoms with Gasteiger partial charge in [0, 0.05) is 29.3 Å². The van der Waals surface area contributed by atoms with Crippen LogP contribution in [0.1, 0.15) is 18.1 Å². The first-order valence-electron chi connectivity index (χ1n) is 11.8. The number of carboxylic acids is 1. The Morgan fingerprint density at radius 1 is 1.00 bits per heavy atom. The van der Waals surface area contributed by atoms with E-state index < -0.39 is 11.4 Å². The smallest absolute Gasteiger partial charge is 0.328 e. The molecule has 9 nitrogen and oxygen atoms in total. The van der Waals surface area contributed by atoms with Gasteiger partial charge in [0.1, 0.15) is 40.6 Å². The molecule has 3 aromatic carbocycles. The van der Waals surface area contributed by atoms with Crippen LogP contribution in [-0.4, -0.2) is 40.1 Å². The number of methoxy groups -OCH3 is 1. The lowest BCUT2D eigenvalue weighted by molar-refractivity contribution is -0.131. The monoisotopic (exact) mass is 530 g/mol. The summed E-state index contributed by atoms with van der Waals surface area (Å²) in [4.78, 5) is 23.6. The van der Waals surface area contributed by atoms with E-state index in [4.69, 9.17) is 19.0 Å². The van der Waals surface area contributed by atoms with Gasteiger partial charge in [-0.3, -0.25) is 4.79 Å². The number of benzene rings is 3. The average molecular weight is 531 g/mol. The number of phenols is 3. The lowest BCUT2D eigenvalue weighted by atomic mass is 10.0. The van der Waals surface area contributed by atoms with Crippen molar-refractivity contribution in [1.29, 1.82) is 0 Å². The zero-order valence-electron chi connectivity index (χ0n) is 21.2. The van der Waals surface area contributed by atoms with Gasteiger partial charge in [0.05, 0.1) is 7.11 Å². The van der Waals surface area contributed by atoms with Crippen LogP contribution in [-0.2, 0) is 11.2 Å². The lowest BCUT2D eigenvalue weighted by Gasteiger charge is -2.12. The van der Waals surface area contributed by atoms with Crippen LogP contribution in [0, 0.1) is 0 Å². The Balaban J connectivity index is 1.53. The van der Waals surface area contributed by atoms with Crippen molar-refractivity contribution in [2.75, 3.05) is 13.7 Å². The van der Waals surface area contributed by atoms with Crippen molar-refractivity contribution in [2.24, 2.45) is 0 Å². The Kier molecular flexibility index (Phi) is 7.90. The van der Waals surface area contributed by atoms with Crippen molar-refractivity contribution < 1.29 is 39.1 Å². The van der Waals surface area contributed by atoms with E-state index in [9.17, 15) is 24.9 Å². The van der Waals surface area contributed by atoms with E-state index in [-0.39, 0.29) is 52.6 Å². The number of allylic oxidation sites excluding steroid dienone is 1. The molecule has 4 rings (SSSR count). The molecule has 0 saturated heterocycles. The Morgan fingerprint density at radius 2 is 1.74 bits per heavy atom.